The van der Waals surface area contributed by atoms with Gasteiger partial charge in [-0.1, -0.05) is 19.1 Å². The van der Waals surface area contributed by atoms with Crippen LogP contribution in [0.25, 0.3) is 10.9 Å². The maximum absolute atomic E-state index is 12.7. The van der Waals surface area contributed by atoms with Gasteiger partial charge in [0, 0.05) is 19.7 Å². The Morgan fingerprint density at radius 3 is 2.92 bits per heavy atom. The predicted octanol–water partition coefficient (Wildman–Crippen LogP) is 1.11. The van der Waals surface area contributed by atoms with Crippen molar-refractivity contribution in [2.75, 3.05) is 19.7 Å². The molecule has 25 heavy (non-hydrogen) atoms. The van der Waals surface area contributed by atoms with E-state index in [2.05, 4.69) is 11.9 Å². The van der Waals surface area contributed by atoms with Crippen LogP contribution in [-0.4, -0.2) is 46.2 Å². The minimum absolute atomic E-state index is 0.0571. The molecule has 0 unspecified atom stereocenters. The van der Waals surface area contributed by atoms with Gasteiger partial charge in [0.1, 0.15) is 6.54 Å². The highest BCUT2D eigenvalue weighted by Crippen LogP contribution is 2.15. The van der Waals surface area contributed by atoms with Crippen molar-refractivity contribution in [3.8, 4) is 0 Å². The van der Waals surface area contributed by atoms with Crippen LogP contribution in [0.3, 0.4) is 0 Å². The number of rotatable bonds is 5. The van der Waals surface area contributed by atoms with E-state index in [4.69, 9.17) is 4.74 Å². The topological polar surface area (TPSA) is 84.4 Å². The Hall–Kier alpha value is -2.41. The van der Waals surface area contributed by atoms with Crippen LogP contribution in [0.1, 0.15) is 26.2 Å². The fourth-order valence-corrected chi connectivity index (χ4v) is 3.22. The molecular formula is C18H23N3O4. The monoisotopic (exact) mass is 345 g/mol. The number of para-hydroxylation sites is 1. The number of nitrogens with one attached hydrogen (secondary N) is 1. The molecule has 1 fully saturated rings. The average Bonchev–Trinajstić information content (AvgIpc) is 2.63. The van der Waals surface area contributed by atoms with Crippen molar-refractivity contribution >= 4 is 16.8 Å². The number of H-pyrrole nitrogens is 1. The second-order valence-electron chi connectivity index (χ2n) is 6.34. The minimum Gasteiger partial charge on any atom is -0.376 e. The summed E-state index contributed by atoms with van der Waals surface area (Å²) in [5.74, 6) is -0.135. The van der Waals surface area contributed by atoms with Crippen molar-refractivity contribution in [3.05, 3.63) is 45.1 Å². The largest absolute Gasteiger partial charge is 0.376 e. The molecular weight excluding hydrogens is 322 g/mol. The second kappa shape index (κ2) is 7.65. The van der Waals surface area contributed by atoms with E-state index in [1.807, 2.05) is 0 Å². The first-order chi connectivity index (χ1) is 12.1. The van der Waals surface area contributed by atoms with Crippen molar-refractivity contribution in [3.63, 3.8) is 0 Å². The van der Waals surface area contributed by atoms with Gasteiger partial charge in [0.2, 0.25) is 5.91 Å². The number of aromatic amines is 1. The summed E-state index contributed by atoms with van der Waals surface area (Å²) in [7, 11) is 0. The lowest BCUT2D eigenvalue weighted by Crippen LogP contribution is -2.46. The SMILES string of the molecule is CCCO[C@@H]1CCCN(C(=O)Cn2c(=O)[nH]c(=O)c3ccccc32)C1. The Morgan fingerprint density at radius 2 is 2.12 bits per heavy atom. The molecule has 1 aliphatic rings. The van der Waals surface area contributed by atoms with Gasteiger partial charge < -0.3 is 9.64 Å². The molecule has 0 aliphatic carbocycles. The van der Waals surface area contributed by atoms with Crippen molar-refractivity contribution in [2.45, 2.75) is 38.8 Å². The van der Waals surface area contributed by atoms with E-state index >= 15 is 0 Å². The standard InChI is InChI=1S/C18H23N3O4/c1-2-10-25-13-6-5-9-20(11-13)16(22)12-21-15-8-4-3-7-14(15)17(23)19-18(21)24/h3-4,7-8,13H,2,5-6,9-12H2,1H3,(H,19,23,24)/t13-/m1/s1. The first-order valence-corrected chi connectivity index (χ1v) is 8.71. The third kappa shape index (κ3) is 3.82. The van der Waals surface area contributed by atoms with Crippen molar-refractivity contribution in [1.29, 1.82) is 0 Å². The molecule has 1 N–H and O–H groups in total. The van der Waals surface area contributed by atoms with Gasteiger partial charge >= 0.3 is 5.69 Å². The maximum Gasteiger partial charge on any atom is 0.329 e. The van der Waals surface area contributed by atoms with Crippen LogP contribution < -0.4 is 11.2 Å². The molecule has 2 heterocycles. The van der Waals surface area contributed by atoms with Crippen LogP contribution in [-0.2, 0) is 16.1 Å². The molecule has 0 radical (unpaired) electrons. The zero-order valence-corrected chi connectivity index (χ0v) is 14.4. The van der Waals surface area contributed by atoms with E-state index < -0.39 is 11.2 Å². The Labute approximate surface area is 145 Å². The average molecular weight is 345 g/mol. The number of fused-ring (bicyclic) bond motifs is 1. The van der Waals surface area contributed by atoms with Gasteiger partial charge in [-0.05, 0) is 31.4 Å². The number of hydrogen-bond acceptors (Lipinski definition) is 4. The van der Waals surface area contributed by atoms with Crippen LogP contribution in [0.4, 0.5) is 0 Å². The molecule has 7 nitrogen and oxygen atoms in total. The third-order valence-electron chi connectivity index (χ3n) is 4.49. The van der Waals surface area contributed by atoms with E-state index in [0.29, 0.717) is 30.6 Å². The number of carbonyl (C=O) groups is 1. The summed E-state index contributed by atoms with van der Waals surface area (Å²) in [6, 6.07) is 6.80. The molecule has 1 aromatic carbocycles. The number of aromatic nitrogens is 2. The first-order valence-electron chi connectivity index (χ1n) is 8.71. The molecule has 1 atom stereocenters. The van der Waals surface area contributed by atoms with Crippen LogP contribution in [0.15, 0.2) is 33.9 Å². The molecule has 2 aromatic rings. The summed E-state index contributed by atoms with van der Waals surface area (Å²) in [6.07, 6.45) is 2.84. The Balaban J connectivity index is 1.80. The second-order valence-corrected chi connectivity index (χ2v) is 6.34. The molecule has 1 amide bonds. The Bertz CT molecular complexity index is 870. The fraction of sp³-hybridized carbons (Fsp3) is 0.500. The van der Waals surface area contributed by atoms with Crippen LogP contribution in [0.5, 0.6) is 0 Å². The van der Waals surface area contributed by atoms with E-state index in [0.717, 1.165) is 19.3 Å². The zero-order valence-electron chi connectivity index (χ0n) is 14.4. The molecule has 1 aliphatic heterocycles. The van der Waals surface area contributed by atoms with Gasteiger partial charge in [-0.3, -0.25) is 19.1 Å². The zero-order chi connectivity index (χ0) is 17.8. The summed E-state index contributed by atoms with van der Waals surface area (Å²) < 4.78 is 7.09. The summed E-state index contributed by atoms with van der Waals surface area (Å²) in [4.78, 5) is 40.8. The predicted molar refractivity (Wildman–Crippen MR) is 94.7 cm³/mol. The lowest BCUT2D eigenvalue weighted by Gasteiger charge is -2.32. The molecule has 7 heteroatoms. The number of nitrogens with zero attached hydrogens (tertiary/aromatic N) is 2. The molecule has 0 spiro atoms. The number of likely N-dealkylation sites (tertiary alicyclic amines) is 1. The smallest absolute Gasteiger partial charge is 0.329 e. The van der Waals surface area contributed by atoms with Gasteiger partial charge in [-0.15, -0.1) is 0 Å². The van der Waals surface area contributed by atoms with Crippen molar-refractivity contribution in [2.24, 2.45) is 0 Å². The number of piperidine rings is 1. The summed E-state index contributed by atoms with van der Waals surface area (Å²) in [5, 5.41) is 0.401. The molecule has 0 saturated carbocycles. The van der Waals surface area contributed by atoms with Crippen LogP contribution >= 0.6 is 0 Å². The van der Waals surface area contributed by atoms with Gasteiger partial charge in [0.15, 0.2) is 0 Å². The summed E-state index contributed by atoms with van der Waals surface area (Å²) in [5.41, 5.74) is -0.525. The molecule has 1 aromatic heterocycles. The number of carbonyl (C=O) groups excluding carboxylic acids is 1. The van der Waals surface area contributed by atoms with Gasteiger partial charge in [0.05, 0.1) is 17.0 Å². The van der Waals surface area contributed by atoms with Crippen LogP contribution in [0.2, 0.25) is 0 Å². The lowest BCUT2D eigenvalue weighted by atomic mass is 10.1. The highest BCUT2D eigenvalue weighted by atomic mass is 16.5. The highest BCUT2D eigenvalue weighted by molar-refractivity contribution is 5.81. The van der Waals surface area contributed by atoms with E-state index in [9.17, 15) is 14.4 Å². The van der Waals surface area contributed by atoms with Crippen molar-refractivity contribution < 1.29 is 9.53 Å². The van der Waals surface area contributed by atoms with Gasteiger partial charge in [-0.25, -0.2) is 4.79 Å². The number of ether oxygens (including phenoxy) is 1. The number of amides is 1. The van der Waals surface area contributed by atoms with E-state index in [1.54, 1.807) is 29.2 Å². The molecule has 134 valence electrons. The number of benzene rings is 1. The normalized spacial score (nSPS) is 17.8. The van der Waals surface area contributed by atoms with Gasteiger partial charge in [-0.2, -0.15) is 0 Å². The lowest BCUT2D eigenvalue weighted by molar-refractivity contribution is -0.136. The summed E-state index contributed by atoms with van der Waals surface area (Å²) >= 11 is 0. The summed E-state index contributed by atoms with van der Waals surface area (Å²) in [6.45, 7) is 3.88. The molecule has 0 bridgehead atoms. The van der Waals surface area contributed by atoms with E-state index in [1.165, 1.54) is 4.57 Å². The third-order valence-corrected chi connectivity index (χ3v) is 4.49. The highest BCUT2D eigenvalue weighted by Gasteiger charge is 2.24. The Kier molecular flexibility index (Phi) is 5.33. The maximum atomic E-state index is 12.7. The minimum atomic E-state index is -0.562. The van der Waals surface area contributed by atoms with Crippen molar-refractivity contribution in [1.82, 2.24) is 14.5 Å². The number of hydrogen-bond donors (Lipinski definition) is 1. The molecule has 3 rings (SSSR count). The quantitative estimate of drug-likeness (QED) is 0.880. The fourth-order valence-electron chi connectivity index (χ4n) is 3.22. The Morgan fingerprint density at radius 1 is 1.32 bits per heavy atom. The molecule has 1 saturated heterocycles. The van der Waals surface area contributed by atoms with Gasteiger partial charge in [0.25, 0.3) is 5.56 Å². The first kappa shape index (κ1) is 17.4. The van der Waals surface area contributed by atoms with Crippen LogP contribution in [0, 0.1) is 0 Å². The van der Waals surface area contributed by atoms with E-state index in [-0.39, 0.29) is 18.6 Å².